The molecule has 0 saturated heterocycles. The number of pyridine rings is 1. The van der Waals surface area contributed by atoms with Crippen LogP contribution in [0.25, 0.3) is 32.7 Å². The van der Waals surface area contributed by atoms with Crippen LogP contribution in [0.2, 0.25) is 0 Å². The summed E-state index contributed by atoms with van der Waals surface area (Å²) in [6, 6.07) is 19.6. The largest absolute Gasteiger partial charge is 0.489 e. The van der Waals surface area contributed by atoms with Crippen LogP contribution >= 0.6 is 0 Å². The maximum Gasteiger partial charge on any atom is 0.489 e. The summed E-state index contributed by atoms with van der Waals surface area (Å²) in [5.41, 5.74) is 2.62. The van der Waals surface area contributed by atoms with Gasteiger partial charge in [0.1, 0.15) is 0 Å². The second kappa shape index (κ2) is 5.50. The lowest BCUT2D eigenvalue weighted by Crippen LogP contribution is -2.31. The zero-order valence-corrected chi connectivity index (χ0v) is 12.3. The summed E-state index contributed by atoms with van der Waals surface area (Å²) >= 11 is 0. The Bertz CT molecular complexity index is 943. The van der Waals surface area contributed by atoms with Crippen molar-refractivity contribution in [3.63, 3.8) is 0 Å². The molecule has 23 heavy (non-hydrogen) atoms. The highest BCUT2D eigenvalue weighted by atomic mass is 16.4. The Kier molecular flexibility index (Phi) is 3.34. The van der Waals surface area contributed by atoms with E-state index in [1.807, 2.05) is 66.9 Å². The van der Waals surface area contributed by atoms with Gasteiger partial charge in [-0.15, -0.1) is 0 Å². The van der Waals surface area contributed by atoms with Crippen LogP contribution in [0.15, 0.2) is 73.1 Å². The molecule has 0 saturated carbocycles. The molecule has 3 aromatic carbocycles. The third-order valence-corrected chi connectivity index (χ3v) is 4.18. The molecule has 4 aromatic rings. The fourth-order valence-electron chi connectivity index (χ4n) is 3.26. The summed E-state index contributed by atoms with van der Waals surface area (Å²) in [5.74, 6) is 0. The predicted octanol–water partition coefficient (Wildman–Crippen LogP) is 2.73. The minimum absolute atomic E-state index is 0.545. The number of aromatic nitrogens is 1. The minimum Gasteiger partial charge on any atom is -0.423 e. The Balaban J connectivity index is 2.27. The van der Waals surface area contributed by atoms with E-state index in [4.69, 9.17) is 0 Å². The Hall–Kier alpha value is -2.69. The normalized spacial score (nSPS) is 11.0. The topological polar surface area (TPSA) is 53.4 Å². The van der Waals surface area contributed by atoms with E-state index in [0.717, 1.165) is 32.7 Å². The van der Waals surface area contributed by atoms with Crippen LogP contribution in [0.4, 0.5) is 0 Å². The van der Waals surface area contributed by atoms with Gasteiger partial charge in [-0.1, -0.05) is 54.6 Å². The van der Waals surface area contributed by atoms with Gasteiger partial charge in [0.15, 0.2) is 0 Å². The first-order valence-electron chi connectivity index (χ1n) is 7.47. The van der Waals surface area contributed by atoms with E-state index >= 15 is 0 Å². The molecular weight excluding hydrogens is 285 g/mol. The molecule has 0 amide bonds. The molecule has 0 aliphatic heterocycles. The van der Waals surface area contributed by atoms with Gasteiger partial charge in [0.05, 0.1) is 0 Å². The molecular formula is C19H14BNO2. The van der Waals surface area contributed by atoms with Crippen LogP contribution in [-0.2, 0) is 0 Å². The van der Waals surface area contributed by atoms with Crippen molar-refractivity contribution in [2.24, 2.45) is 0 Å². The van der Waals surface area contributed by atoms with Gasteiger partial charge in [0, 0.05) is 18.0 Å². The minimum atomic E-state index is -1.52. The summed E-state index contributed by atoms with van der Waals surface area (Å²) in [5, 5.41) is 23.5. The van der Waals surface area contributed by atoms with Crippen molar-refractivity contribution in [1.29, 1.82) is 0 Å². The van der Waals surface area contributed by atoms with Crippen molar-refractivity contribution in [3.05, 3.63) is 73.1 Å². The summed E-state index contributed by atoms with van der Waals surface area (Å²) in [6.45, 7) is 0. The lowest BCUT2D eigenvalue weighted by molar-refractivity contribution is 0.426. The number of rotatable bonds is 2. The molecule has 4 heteroatoms. The van der Waals surface area contributed by atoms with E-state index in [1.165, 1.54) is 0 Å². The van der Waals surface area contributed by atoms with E-state index in [-0.39, 0.29) is 0 Å². The molecule has 0 atom stereocenters. The molecule has 0 aliphatic rings. The molecule has 3 nitrogen and oxygen atoms in total. The molecule has 0 unspecified atom stereocenters. The highest BCUT2D eigenvalue weighted by Gasteiger charge is 2.21. The Morgan fingerprint density at radius 3 is 1.74 bits per heavy atom. The van der Waals surface area contributed by atoms with Gasteiger partial charge >= 0.3 is 7.12 Å². The molecule has 4 rings (SSSR count). The number of hydrogen-bond donors (Lipinski definition) is 2. The van der Waals surface area contributed by atoms with E-state index in [0.29, 0.717) is 5.46 Å². The summed E-state index contributed by atoms with van der Waals surface area (Å²) < 4.78 is 0. The Morgan fingerprint density at radius 2 is 1.26 bits per heavy atom. The van der Waals surface area contributed by atoms with Gasteiger partial charge in [0.2, 0.25) is 0 Å². The first-order valence-corrected chi connectivity index (χ1v) is 7.47. The third kappa shape index (κ3) is 2.20. The first-order chi connectivity index (χ1) is 11.3. The zero-order valence-electron chi connectivity index (χ0n) is 12.3. The van der Waals surface area contributed by atoms with Gasteiger partial charge in [-0.3, -0.25) is 4.98 Å². The molecule has 1 heterocycles. The maximum atomic E-state index is 9.92. The van der Waals surface area contributed by atoms with Crippen LogP contribution < -0.4 is 5.46 Å². The SMILES string of the molecule is OB(O)c1c2ccccc2c(-c2cccnc2)c2ccccc12. The molecule has 0 aliphatic carbocycles. The summed E-state index contributed by atoms with van der Waals surface area (Å²) in [6.07, 6.45) is 3.59. The average molecular weight is 299 g/mol. The molecule has 110 valence electrons. The monoisotopic (exact) mass is 299 g/mol. The van der Waals surface area contributed by atoms with Gasteiger partial charge in [0.25, 0.3) is 0 Å². The van der Waals surface area contributed by atoms with Crippen LogP contribution in [0.5, 0.6) is 0 Å². The predicted molar refractivity (Wildman–Crippen MR) is 94.5 cm³/mol. The number of nitrogens with zero attached hydrogens (tertiary/aromatic N) is 1. The van der Waals surface area contributed by atoms with Gasteiger partial charge in [-0.05, 0) is 38.6 Å². The highest BCUT2D eigenvalue weighted by Crippen LogP contribution is 2.34. The Morgan fingerprint density at radius 1 is 0.696 bits per heavy atom. The van der Waals surface area contributed by atoms with Crippen molar-refractivity contribution >= 4 is 34.1 Å². The molecule has 0 fully saturated rings. The average Bonchev–Trinajstić information content (AvgIpc) is 2.59. The number of benzene rings is 3. The zero-order chi connectivity index (χ0) is 15.8. The fourth-order valence-corrected chi connectivity index (χ4v) is 3.26. The van der Waals surface area contributed by atoms with Crippen molar-refractivity contribution < 1.29 is 10.0 Å². The van der Waals surface area contributed by atoms with Gasteiger partial charge < -0.3 is 10.0 Å². The second-order valence-corrected chi connectivity index (χ2v) is 5.50. The fraction of sp³-hybridized carbons (Fsp3) is 0. The first kappa shape index (κ1) is 13.9. The Labute approximate surface area is 134 Å². The summed E-state index contributed by atoms with van der Waals surface area (Å²) in [4.78, 5) is 4.23. The molecule has 2 N–H and O–H groups in total. The molecule has 0 bridgehead atoms. The van der Waals surface area contributed by atoms with Gasteiger partial charge in [-0.25, -0.2) is 0 Å². The van der Waals surface area contributed by atoms with Crippen LogP contribution in [0.3, 0.4) is 0 Å². The van der Waals surface area contributed by atoms with E-state index in [9.17, 15) is 10.0 Å². The van der Waals surface area contributed by atoms with E-state index in [2.05, 4.69) is 4.98 Å². The van der Waals surface area contributed by atoms with Crippen LogP contribution in [0.1, 0.15) is 0 Å². The highest BCUT2D eigenvalue weighted by molar-refractivity contribution is 6.66. The van der Waals surface area contributed by atoms with Crippen molar-refractivity contribution in [2.75, 3.05) is 0 Å². The second-order valence-electron chi connectivity index (χ2n) is 5.50. The lowest BCUT2D eigenvalue weighted by atomic mass is 9.72. The van der Waals surface area contributed by atoms with Crippen molar-refractivity contribution in [3.8, 4) is 11.1 Å². The smallest absolute Gasteiger partial charge is 0.423 e. The molecule has 0 radical (unpaired) electrons. The number of fused-ring (bicyclic) bond motifs is 2. The van der Waals surface area contributed by atoms with Crippen molar-refractivity contribution in [2.45, 2.75) is 0 Å². The number of hydrogen-bond acceptors (Lipinski definition) is 3. The van der Waals surface area contributed by atoms with E-state index < -0.39 is 7.12 Å². The quantitative estimate of drug-likeness (QED) is 0.442. The van der Waals surface area contributed by atoms with Gasteiger partial charge in [-0.2, -0.15) is 0 Å². The lowest BCUT2D eigenvalue weighted by Gasteiger charge is -2.16. The maximum absolute atomic E-state index is 9.92. The standard InChI is InChI=1S/C19H14BNO2/c22-20(23)19-16-9-3-1-7-14(16)18(13-6-5-11-21-12-13)15-8-2-4-10-17(15)19/h1-12,22-23H. The van der Waals surface area contributed by atoms with Crippen LogP contribution in [0, 0.1) is 0 Å². The van der Waals surface area contributed by atoms with Crippen molar-refractivity contribution in [1.82, 2.24) is 4.98 Å². The molecule has 1 aromatic heterocycles. The third-order valence-electron chi connectivity index (χ3n) is 4.18. The van der Waals surface area contributed by atoms with E-state index in [1.54, 1.807) is 6.20 Å². The summed E-state index contributed by atoms with van der Waals surface area (Å²) in [7, 11) is -1.52. The molecule has 0 spiro atoms. The van der Waals surface area contributed by atoms with Crippen LogP contribution in [-0.4, -0.2) is 22.2 Å².